The molecule has 32 heavy (non-hydrogen) atoms. The minimum absolute atomic E-state index is 0.257. The van der Waals surface area contributed by atoms with E-state index in [0.717, 1.165) is 36.4 Å². The highest BCUT2D eigenvalue weighted by Gasteiger charge is 2.22. The second-order valence-corrected chi connectivity index (χ2v) is 10.3. The summed E-state index contributed by atoms with van der Waals surface area (Å²) < 4.78 is 0.940. The number of rotatable bonds is 4. The first-order valence-corrected chi connectivity index (χ1v) is 12.5. The molecule has 0 aliphatic heterocycles. The van der Waals surface area contributed by atoms with Gasteiger partial charge in [0.2, 0.25) is 0 Å². The van der Waals surface area contributed by atoms with E-state index in [1.807, 2.05) is 72.1 Å². The van der Waals surface area contributed by atoms with Crippen LogP contribution in [0.15, 0.2) is 76.6 Å². The molecule has 5 rings (SSSR count). The molecule has 0 bridgehead atoms. The van der Waals surface area contributed by atoms with Crippen LogP contribution in [0.5, 0.6) is 0 Å². The highest BCUT2D eigenvalue weighted by molar-refractivity contribution is 9.10. The zero-order chi connectivity index (χ0) is 22.2. The Morgan fingerprint density at radius 1 is 1.06 bits per heavy atom. The monoisotopic (exact) mass is 539 g/mol. The number of halogens is 2. The molecule has 0 aliphatic carbocycles. The Hall–Kier alpha value is -2.71. The first-order chi connectivity index (χ1) is 15.5. The van der Waals surface area contributed by atoms with Crippen molar-refractivity contribution in [2.24, 2.45) is 0 Å². The topological polar surface area (TPSA) is 68.0 Å². The number of pyridine rings is 1. The van der Waals surface area contributed by atoms with Crippen molar-refractivity contribution in [2.75, 3.05) is 11.1 Å². The summed E-state index contributed by atoms with van der Waals surface area (Å²) in [5, 5.41) is 6.37. The molecule has 4 nitrogen and oxygen atoms in total. The van der Waals surface area contributed by atoms with E-state index in [9.17, 15) is 4.79 Å². The van der Waals surface area contributed by atoms with Gasteiger partial charge in [0.05, 0.1) is 16.3 Å². The maximum absolute atomic E-state index is 13.1. The van der Waals surface area contributed by atoms with Gasteiger partial charge < -0.3 is 11.1 Å². The molecule has 5 aromatic rings. The third kappa shape index (κ3) is 4.04. The SMILES string of the molecule is Nc1c(C(=O)Nc2ccc(Br)cc2)sc2nc(-c3cccs3)cc(-c3ccc(Cl)cc3)c12. The smallest absolute Gasteiger partial charge is 0.267 e. The number of nitrogens with two attached hydrogens (primary N) is 1. The number of nitrogens with one attached hydrogen (secondary N) is 1. The van der Waals surface area contributed by atoms with Gasteiger partial charge in [0, 0.05) is 20.6 Å². The summed E-state index contributed by atoms with van der Waals surface area (Å²) >= 11 is 12.4. The zero-order valence-corrected chi connectivity index (χ0v) is 20.4. The van der Waals surface area contributed by atoms with Crippen LogP contribution in [0.2, 0.25) is 5.02 Å². The lowest BCUT2D eigenvalue weighted by Gasteiger charge is -2.08. The summed E-state index contributed by atoms with van der Waals surface area (Å²) in [7, 11) is 0. The van der Waals surface area contributed by atoms with Crippen LogP contribution in [0, 0.1) is 0 Å². The zero-order valence-electron chi connectivity index (χ0n) is 16.4. The summed E-state index contributed by atoms with van der Waals surface area (Å²) in [5.41, 5.74) is 10.4. The maximum Gasteiger partial charge on any atom is 0.267 e. The molecule has 0 spiro atoms. The number of carbonyl (C=O) groups excluding carboxylic acids is 1. The van der Waals surface area contributed by atoms with E-state index >= 15 is 0 Å². The fourth-order valence-electron chi connectivity index (χ4n) is 3.42. The molecule has 2 aromatic carbocycles. The molecule has 0 radical (unpaired) electrons. The quantitative estimate of drug-likeness (QED) is 0.243. The van der Waals surface area contributed by atoms with Gasteiger partial charge in [-0.25, -0.2) is 4.98 Å². The van der Waals surface area contributed by atoms with E-state index in [1.54, 1.807) is 11.3 Å². The van der Waals surface area contributed by atoms with Gasteiger partial charge in [0.25, 0.3) is 5.91 Å². The number of nitrogen functional groups attached to an aromatic ring is 1. The predicted molar refractivity (Wildman–Crippen MR) is 140 cm³/mol. The summed E-state index contributed by atoms with van der Waals surface area (Å²) in [5.74, 6) is -0.257. The van der Waals surface area contributed by atoms with Crippen LogP contribution in [0.1, 0.15) is 9.67 Å². The lowest BCUT2D eigenvalue weighted by molar-refractivity contribution is 0.103. The Labute approximate surface area is 205 Å². The fraction of sp³-hybridized carbons (Fsp3) is 0. The van der Waals surface area contributed by atoms with Crippen molar-refractivity contribution >= 4 is 77.7 Å². The Balaban J connectivity index is 1.65. The van der Waals surface area contributed by atoms with Crippen molar-refractivity contribution in [3.05, 3.63) is 86.5 Å². The van der Waals surface area contributed by atoms with Crippen LogP contribution in [-0.4, -0.2) is 10.9 Å². The minimum Gasteiger partial charge on any atom is -0.397 e. The third-order valence-corrected chi connectivity index (χ3v) is 7.71. The molecule has 1 amide bonds. The number of nitrogens with zero attached hydrogens (tertiary/aromatic N) is 1. The van der Waals surface area contributed by atoms with Crippen LogP contribution in [0.3, 0.4) is 0 Å². The summed E-state index contributed by atoms with van der Waals surface area (Å²) in [6.07, 6.45) is 0. The maximum atomic E-state index is 13.1. The Morgan fingerprint density at radius 3 is 2.50 bits per heavy atom. The van der Waals surface area contributed by atoms with Crippen LogP contribution in [0.4, 0.5) is 11.4 Å². The standard InChI is InChI=1S/C24H15BrClN3OS2/c25-14-5-9-16(10-6-14)28-23(30)22-21(27)20-17(13-3-7-15(26)8-4-13)12-18(29-24(20)32-22)19-2-1-11-31-19/h1-12H,27H2,(H,28,30). The van der Waals surface area contributed by atoms with Crippen LogP contribution in [-0.2, 0) is 0 Å². The van der Waals surface area contributed by atoms with Crippen molar-refractivity contribution in [3.8, 4) is 21.7 Å². The highest BCUT2D eigenvalue weighted by Crippen LogP contribution is 2.42. The molecule has 0 saturated heterocycles. The third-order valence-electron chi connectivity index (χ3n) is 4.94. The van der Waals surface area contributed by atoms with Gasteiger partial charge in [0.1, 0.15) is 9.71 Å². The lowest BCUT2D eigenvalue weighted by Crippen LogP contribution is -2.11. The minimum atomic E-state index is -0.257. The second-order valence-electron chi connectivity index (χ2n) is 7.03. The van der Waals surface area contributed by atoms with Gasteiger partial charge in [-0.05, 0) is 65.0 Å². The highest BCUT2D eigenvalue weighted by atomic mass is 79.9. The number of amides is 1. The molecule has 3 aromatic heterocycles. The van der Waals surface area contributed by atoms with Crippen LogP contribution in [0.25, 0.3) is 31.9 Å². The molecule has 3 N–H and O–H groups in total. The van der Waals surface area contributed by atoms with Crippen molar-refractivity contribution in [2.45, 2.75) is 0 Å². The largest absolute Gasteiger partial charge is 0.397 e. The molecular formula is C24H15BrClN3OS2. The van der Waals surface area contributed by atoms with Gasteiger partial charge in [0.15, 0.2) is 0 Å². The van der Waals surface area contributed by atoms with Gasteiger partial charge >= 0.3 is 0 Å². The van der Waals surface area contributed by atoms with Crippen molar-refractivity contribution in [1.82, 2.24) is 4.98 Å². The number of anilines is 2. The molecular weight excluding hydrogens is 526 g/mol. The van der Waals surface area contributed by atoms with E-state index in [0.29, 0.717) is 21.3 Å². The number of carbonyl (C=O) groups is 1. The van der Waals surface area contributed by atoms with Gasteiger partial charge in [-0.15, -0.1) is 22.7 Å². The van der Waals surface area contributed by atoms with Crippen LogP contribution >= 0.6 is 50.2 Å². The summed E-state index contributed by atoms with van der Waals surface area (Å²) in [6.45, 7) is 0. The van der Waals surface area contributed by atoms with E-state index in [2.05, 4.69) is 21.2 Å². The lowest BCUT2D eigenvalue weighted by atomic mass is 10.0. The van der Waals surface area contributed by atoms with Crippen molar-refractivity contribution in [1.29, 1.82) is 0 Å². The molecule has 0 atom stereocenters. The Morgan fingerprint density at radius 2 is 1.81 bits per heavy atom. The van der Waals surface area contributed by atoms with Crippen LogP contribution < -0.4 is 11.1 Å². The molecule has 0 saturated carbocycles. The average molecular weight is 541 g/mol. The van der Waals surface area contributed by atoms with Gasteiger partial charge in [-0.3, -0.25) is 4.79 Å². The number of aromatic nitrogens is 1. The van der Waals surface area contributed by atoms with Gasteiger partial charge in [-0.2, -0.15) is 0 Å². The molecule has 0 aliphatic rings. The molecule has 0 unspecified atom stereocenters. The van der Waals surface area contributed by atoms with E-state index < -0.39 is 0 Å². The predicted octanol–water partition coefficient (Wildman–Crippen LogP) is 7.94. The van der Waals surface area contributed by atoms with Crippen molar-refractivity contribution in [3.63, 3.8) is 0 Å². The first kappa shape index (κ1) is 21.2. The number of hydrogen-bond donors (Lipinski definition) is 2. The first-order valence-electron chi connectivity index (χ1n) is 9.59. The van der Waals surface area contributed by atoms with Crippen molar-refractivity contribution < 1.29 is 4.79 Å². The number of fused-ring (bicyclic) bond motifs is 1. The molecule has 3 heterocycles. The summed E-state index contributed by atoms with van der Waals surface area (Å²) in [6, 6.07) is 21.1. The average Bonchev–Trinajstić information content (AvgIpc) is 3.44. The fourth-order valence-corrected chi connectivity index (χ4v) is 5.51. The van der Waals surface area contributed by atoms with Gasteiger partial charge in [-0.1, -0.05) is 45.7 Å². The van der Waals surface area contributed by atoms with E-state index in [1.165, 1.54) is 11.3 Å². The molecule has 8 heteroatoms. The van der Waals surface area contributed by atoms with E-state index in [4.69, 9.17) is 22.3 Å². The number of hydrogen-bond acceptors (Lipinski definition) is 5. The molecule has 158 valence electrons. The summed E-state index contributed by atoms with van der Waals surface area (Å²) in [4.78, 5) is 20.1. The second kappa shape index (κ2) is 8.67. The number of thiophene rings is 2. The molecule has 0 fully saturated rings. The normalized spacial score (nSPS) is 11.1. The van der Waals surface area contributed by atoms with E-state index in [-0.39, 0.29) is 5.91 Å². The Bertz CT molecular complexity index is 1430. The number of benzene rings is 2. The Kier molecular flexibility index (Phi) is 5.73.